The van der Waals surface area contributed by atoms with Gasteiger partial charge in [-0.25, -0.2) is 0 Å². The second-order valence-electron chi connectivity index (χ2n) is 5.91. The third-order valence-electron chi connectivity index (χ3n) is 4.60. The van der Waals surface area contributed by atoms with Crippen LogP contribution in [0, 0.1) is 11.8 Å². The fourth-order valence-corrected chi connectivity index (χ4v) is 3.30. The van der Waals surface area contributed by atoms with Gasteiger partial charge in [0.1, 0.15) is 0 Å². The van der Waals surface area contributed by atoms with E-state index in [9.17, 15) is 4.79 Å². The molecule has 0 aromatic heterocycles. The van der Waals surface area contributed by atoms with Crippen LogP contribution in [0.2, 0.25) is 0 Å². The molecule has 2 N–H and O–H groups in total. The molecule has 0 bridgehead atoms. The molecule has 4 heteroatoms. The van der Waals surface area contributed by atoms with E-state index in [1.807, 2.05) is 4.90 Å². The lowest BCUT2D eigenvalue weighted by Gasteiger charge is -2.49. The highest BCUT2D eigenvalue weighted by Crippen LogP contribution is 2.43. The summed E-state index contributed by atoms with van der Waals surface area (Å²) in [6.07, 6.45) is 4.46. The maximum atomic E-state index is 12.3. The molecule has 4 nitrogen and oxygen atoms in total. The number of carbonyl (C=O) groups is 1. The molecule has 3 fully saturated rings. The van der Waals surface area contributed by atoms with Crippen LogP contribution in [0.1, 0.15) is 32.6 Å². The Hall–Kier alpha value is -0.610. The van der Waals surface area contributed by atoms with Gasteiger partial charge in [0.15, 0.2) is 0 Å². The Kier molecular flexibility index (Phi) is 2.67. The lowest BCUT2D eigenvalue weighted by Crippen LogP contribution is -2.70. The summed E-state index contributed by atoms with van der Waals surface area (Å²) in [5.74, 6) is 1.04. The fraction of sp³-hybridized carbons (Fsp3) is 0.923. The molecule has 1 aliphatic carbocycles. The van der Waals surface area contributed by atoms with Crippen molar-refractivity contribution in [1.82, 2.24) is 4.90 Å². The number of nitrogens with zero attached hydrogens (tertiary/aromatic N) is 1. The van der Waals surface area contributed by atoms with Gasteiger partial charge >= 0.3 is 0 Å². The number of nitrogens with two attached hydrogens (primary N) is 1. The van der Waals surface area contributed by atoms with Crippen molar-refractivity contribution < 1.29 is 9.53 Å². The van der Waals surface area contributed by atoms with Crippen LogP contribution in [0.15, 0.2) is 0 Å². The van der Waals surface area contributed by atoms with Gasteiger partial charge in [-0.1, -0.05) is 6.92 Å². The van der Waals surface area contributed by atoms with Gasteiger partial charge in [0.25, 0.3) is 0 Å². The third kappa shape index (κ3) is 1.87. The lowest BCUT2D eigenvalue weighted by molar-refractivity contribution is -0.145. The van der Waals surface area contributed by atoms with Crippen molar-refractivity contribution in [2.45, 2.75) is 44.2 Å². The van der Waals surface area contributed by atoms with Crippen LogP contribution in [0.3, 0.4) is 0 Å². The topological polar surface area (TPSA) is 55.6 Å². The highest BCUT2D eigenvalue weighted by molar-refractivity contribution is 5.81. The van der Waals surface area contributed by atoms with E-state index in [1.165, 1.54) is 12.8 Å². The molecular formula is C13H22N2O2. The molecule has 0 aromatic rings. The van der Waals surface area contributed by atoms with Crippen LogP contribution in [0.5, 0.6) is 0 Å². The zero-order chi connectivity index (χ0) is 12.0. The summed E-state index contributed by atoms with van der Waals surface area (Å²) in [5.41, 5.74) is 6.22. The van der Waals surface area contributed by atoms with Crippen LogP contribution in [0.25, 0.3) is 0 Å². The maximum absolute atomic E-state index is 12.3. The highest BCUT2D eigenvalue weighted by atomic mass is 16.5. The van der Waals surface area contributed by atoms with Gasteiger partial charge in [-0.3, -0.25) is 4.79 Å². The standard InChI is InChI=1S/C13H22N2O2/c1-2-11-10(5-6-17-11)12(16)15-7-13(14,8-15)9-3-4-9/h9-11H,2-8,14H2,1H3. The summed E-state index contributed by atoms with van der Waals surface area (Å²) >= 11 is 0. The zero-order valence-electron chi connectivity index (χ0n) is 10.5. The molecule has 17 heavy (non-hydrogen) atoms. The molecular weight excluding hydrogens is 216 g/mol. The minimum absolute atomic E-state index is 0.0587. The van der Waals surface area contributed by atoms with E-state index in [4.69, 9.17) is 10.5 Å². The second kappa shape index (κ2) is 3.95. The number of ether oxygens (including phenoxy) is 1. The van der Waals surface area contributed by atoms with Crippen molar-refractivity contribution in [3.8, 4) is 0 Å². The summed E-state index contributed by atoms with van der Waals surface area (Å²) in [6.45, 7) is 4.36. The van der Waals surface area contributed by atoms with E-state index in [2.05, 4.69) is 6.92 Å². The lowest BCUT2D eigenvalue weighted by atomic mass is 9.84. The van der Waals surface area contributed by atoms with Gasteiger partial charge in [-0.2, -0.15) is 0 Å². The first kappa shape index (κ1) is 11.5. The van der Waals surface area contributed by atoms with Gasteiger partial charge in [0.05, 0.1) is 17.6 Å². The summed E-state index contributed by atoms with van der Waals surface area (Å²) in [5, 5.41) is 0. The van der Waals surface area contributed by atoms with Gasteiger partial charge in [0.2, 0.25) is 5.91 Å². The molecule has 0 radical (unpaired) electrons. The highest BCUT2D eigenvalue weighted by Gasteiger charge is 2.53. The van der Waals surface area contributed by atoms with Crippen molar-refractivity contribution in [3.63, 3.8) is 0 Å². The smallest absolute Gasteiger partial charge is 0.228 e. The second-order valence-corrected chi connectivity index (χ2v) is 5.91. The molecule has 2 aliphatic heterocycles. The number of amides is 1. The summed E-state index contributed by atoms with van der Waals surface area (Å²) < 4.78 is 5.59. The molecule has 1 amide bonds. The Bertz CT molecular complexity index is 321. The normalized spacial score (nSPS) is 35.8. The van der Waals surface area contributed by atoms with Gasteiger partial charge in [-0.05, 0) is 31.6 Å². The van der Waals surface area contributed by atoms with E-state index in [0.717, 1.165) is 32.5 Å². The largest absolute Gasteiger partial charge is 0.377 e. The number of rotatable bonds is 3. The van der Waals surface area contributed by atoms with Crippen LogP contribution >= 0.6 is 0 Å². The SMILES string of the molecule is CCC1OCCC1C(=O)N1CC(N)(C2CC2)C1. The Balaban J connectivity index is 1.57. The molecule has 1 saturated carbocycles. The molecule has 2 unspecified atom stereocenters. The predicted octanol–water partition coefficient (Wildman–Crippen LogP) is 0.751. The first-order valence-corrected chi connectivity index (χ1v) is 6.83. The monoisotopic (exact) mass is 238 g/mol. The van der Waals surface area contributed by atoms with Crippen LogP contribution in [-0.4, -0.2) is 42.1 Å². The fourth-order valence-electron chi connectivity index (χ4n) is 3.30. The summed E-state index contributed by atoms with van der Waals surface area (Å²) in [7, 11) is 0. The predicted molar refractivity (Wildman–Crippen MR) is 64.4 cm³/mol. The molecule has 96 valence electrons. The number of likely N-dealkylation sites (tertiary alicyclic amines) is 1. The minimum Gasteiger partial charge on any atom is -0.377 e. The summed E-state index contributed by atoms with van der Waals surface area (Å²) in [4.78, 5) is 14.3. The van der Waals surface area contributed by atoms with Crippen molar-refractivity contribution in [2.75, 3.05) is 19.7 Å². The quantitative estimate of drug-likeness (QED) is 0.789. The van der Waals surface area contributed by atoms with E-state index in [1.54, 1.807) is 0 Å². The Morgan fingerprint density at radius 1 is 1.41 bits per heavy atom. The van der Waals surface area contributed by atoms with E-state index in [-0.39, 0.29) is 23.5 Å². The Labute approximate surface area is 102 Å². The van der Waals surface area contributed by atoms with E-state index < -0.39 is 0 Å². The first-order chi connectivity index (χ1) is 8.14. The van der Waals surface area contributed by atoms with E-state index in [0.29, 0.717) is 5.92 Å². The van der Waals surface area contributed by atoms with Crippen LogP contribution in [-0.2, 0) is 9.53 Å². The number of carbonyl (C=O) groups excluding carboxylic acids is 1. The van der Waals surface area contributed by atoms with Crippen LogP contribution < -0.4 is 5.73 Å². The van der Waals surface area contributed by atoms with Crippen molar-refractivity contribution in [3.05, 3.63) is 0 Å². The molecule has 3 aliphatic rings. The first-order valence-electron chi connectivity index (χ1n) is 6.83. The molecule has 2 saturated heterocycles. The van der Waals surface area contributed by atoms with Gasteiger partial charge < -0.3 is 15.4 Å². The maximum Gasteiger partial charge on any atom is 0.228 e. The van der Waals surface area contributed by atoms with Crippen molar-refractivity contribution in [2.24, 2.45) is 17.6 Å². The number of hydrogen-bond donors (Lipinski definition) is 1. The van der Waals surface area contributed by atoms with Crippen LogP contribution in [0.4, 0.5) is 0 Å². The summed E-state index contributed by atoms with van der Waals surface area (Å²) in [6, 6.07) is 0. The Morgan fingerprint density at radius 3 is 2.71 bits per heavy atom. The molecule has 0 spiro atoms. The van der Waals surface area contributed by atoms with Crippen molar-refractivity contribution >= 4 is 5.91 Å². The van der Waals surface area contributed by atoms with Gasteiger partial charge in [0, 0.05) is 19.7 Å². The molecule has 3 rings (SSSR count). The van der Waals surface area contributed by atoms with Gasteiger partial charge in [-0.15, -0.1) is 0 Å². The average Bonchev–Trinajstić information content (AvgIpc) is 3.02. The van der Waals surface area contributed by atoms with Crippen molar-refractivity contribution in [1.29, 1.82) is 0 Å². The molecule has 2 heterocycles. The molecule has 2 atom stereocenters. The average molecular weight is 238 g/mol. The minimum atomic E-state index is -0.0587. The molecule has 0 aromatic carbocycles. The third-order valence-corrected chi connectivity index (χ3v) is 4.60. The van der Waals surface area contributed by atoms with E-state index >= 15 is 0 Å². The number of hydrogen-bond acceptors (Lipinski definition) is 3. The Morgan fingerprint density at radius 2 is 2.12 bits per heavy atom. The zero-order valence-corrected chi connectivity index (χ0v) is 10.5.